The van der Waals surface area contributed by atoms with Gasteiger partial charge in [-0.3, -0.25) is 9.59 Å². The topological polar surface area (TPSA) is 88.5 Å². The van der Waals surface area contributed by atoms with Crippen molar-refractivity contribution in [3.63, 3.8) is 0 Å². The summed E-state index contributed by atoms with van der Waals surface area (Å²) in [6.07, 6.45) is 1.45. The Morgan fingerprint density at radius 1 is 1.08 bits per heavy atom. The van der Waals surface area contributed by atoms with Crippen LogP contribution >= 0.6 is 0 Å². The zero-order valence-electron chi connectivity index (χ0n) is 22.2. The molecule has 1 N–H and O–H groups in total. The number of amides is 1. The summed E-state index contributed by atoms with van der Waals surface area (Å²) in [6, 6.07) is 10.0. The summed E-state index contributed by atoms with van der Waals surface area (Å²) in [5.74, 6) is 0.402. The molecule has 0 spiro atoms. The fourth-order valence-corrected chi connectivity index (χ4v) is 4.98. The second-order valence-corrected chi connectivity index (χ2v) is 9.68. The Morgan fingerprint density at radius 3 is 2.51 bits per heavy atom. The highest BCUT2D eigenvalue weighted by atomic mass is 16.5. The van der Waals surface area contributed by atoms with Crippen LogP contribution in [0.25, 0.3) is 5.76 Å². The lowest BCUT2D eigenvalue weighted by atomic mass is 9.94. The molecule has 0 aliphatic carbocycles. The van der Waals surface area contributed by atoms with Gasteiger partial charge in [0.25, 0.3) is 11.7 Å². The van der Waals surface area contributed by atoms with Crippen molar-refractivity contribution >= 4 is 17.4 Å². The third-order valence-electron chi connectivity index (χ3n) is 6.60. The van der Waals surface area contributed by atoms with Crippen LogP contribution < -0.4 is 14.2 Å². The van der Waals surface area contributed by atoms with Crippen LogP contribution in [0, 0.1) is 0 Å². The third kappa shape index (κ3) is 5.44. The zero-order chi connectivity index (χ0) is 26.7. The van der Waals surface area contributed by atoms with E-state index in [0.29, 0.717) is 48.8 Å². The number of fused-ring (bicyclic) bond motifs is 1. The molecule has 8 nitrogen and oxygen atoms in total. The summed E-state index contributed by atoms with van der Waals surface area (Å²) in [7, 11) is 3.93. The number of carbonyl (C=O) groups excluding carboxylic acids is 2. The lowest BCUT2D eigenvalue weighted by molar-refractivity contribution is -0.139. The molecule has 2 heterocycles. The number of ether oxygens (including phenoxy) is 3. The first-order chi connectivity index (χ1) is 17.7. The van der Waals surface area contributed by atoms with Crippen molar-refractivity contribution in [2.24, 2.45) is 0 Å². The number of rotatable bonds is 10. The number of benzene rings is 2. The molecular formula is C29H36N2O6. The Balaban J connectivity index is 1.81. The summed E-state index contributed by atoms with van der Waals surface area (Å²) in [5.41, 5.74) is 2.21. The first-order valence-corrected chi connectivity index (χ1v) is 12.9. The van der Waals surface area contributed by atoms with E-state index in [1.165, 1.54) is 0 Å². The molecule has 2 aromatic rings. The number of aliphatic hydroxyl groups is 1. The highest BCUT2D eigenvalue weighted by molar-refractivity contribution is 6.46. The number of hydrogen-bond donors (Lipinski definition) is 1. The predicted molar refractivity (Wildman–Crippen MR) is 141 cm³/mol. The molecule has 2 aliphatic rings. The molecule has 2 aliphatic heterocycles. The van der Waals surface area contributed by atoms with Gasteiger partial charge in [0.2, 0.25) is 0 Å². The van der Waals surface area contributed by atoms with Gasteiger partial charge in [-0.2, -0.15) is 0 Å². The van der Waals surface area contributed by atoms with Crippen molar-refractivity contribution in [1.29, 1.82) is 0 Å². The Bertz CT molecular complexity index is 1200. The molecule has 1 fully saturated rings. The monoisotopic (exact) mass is 508 g/mol. The third-order valence-corrected chi connectivity index (χ3v) is 6.60. The SMILES string of the molecule is CCOc1ccc([C@@H]2/C(=C(\O)c3ccc4c(c3)C[C@@H](C)O4)C(=O)C(=O)N2CCCN(C)C)cc1OCC. The highest BCUT2D eigenvalue weighted by Gasteiger charge is 2.46. The molecule has 1 saturated heterocycles. The summed E-state index contributed by atoms with van der Waals surface area (Å²) in [6.45, 7) is 7.80. The molecule has 0 aromatic heterocycles. The summed E-state index contributed by atoms with van der Waals surface area (Å²) < 4.78 is 17.3. The fraction of sp³-hybridized carbons (Fsp3) is 0.448. The van der Waals surface area contributed by atoms with Gasteiger partial charge < -0.3 is 29.1 Å². The maximum atomic E-state index is 13.4. The van der Waals surface area contributed by atoms with Gasteiger partial charge in [0, 0.05) is 18.5 Å². The van der Waals surface area contributed by atoms with Crippen LogP contribution in [0.2, 0.25) is 0 Å². The zero-order valence-corrected chi connectivity index (χ0v) is 22.2. The lowest BCUT2D eigenvalue weighted by Gasteiger charge is -2.26. The molecule has 4 rings (SSSR count). The molecule has 0 saturated carbocycles. The molecule has 0 unspecified atom stereocenters. The van der Waals surface area contributed by atoms with E-state index < -0.39 is 17.7 Å². The minimum absolute atomic E-state index is 0.0514. The van der Waals surface area contributed by atoms with Crippen LogP contribution in [0.5, 0.6) is 17.2 Å². The van der Waals surface area contributed by atoms with Crippen molar-refractivity contribution < 1.29 is 28.9 Å². The van der Waals surface area contributed by atoms with Crippen LogP contribution in [0.1, 0.15) is 49.9 Å². The minimum atomic E-state index is -0.750. The van der Waals surface area contributed by atoms with Crippen LogP contribution in [-0.4, -0.2) is 73.1 Å². The summed E-state index contributed by atoms with van der Waals surface area (Å²) in [4.78, 5) is 30.2. The van der Waals surface area contributed by atoms with Gasteiger partial charge in [-0.25, -0.2) is 0 Å². The molecule has 1 amide bonds. The Hall–Kier alpha value is -3.52. The van der Waals surface area contributed by atoms with Crippen molar-refractivity contribution in [2.75, 3.05) is 40.4 Å². The number of carbonyl (C=O) groups is 2. The smallest absolute Gasteiger partial charge is 0.295 e. The van der Waals surface area contributed by atoms with Crippen molar-refractivity contribution in [3.05, 3.63) is 58.7 Å². The molecule has 198 valence electrons. The summed E-state index contributed by atoms with van der Waals surface area (Å²) in [5, 5.41) is 11.5. The molecule has 2 atom stereocenters. The second-order valence-electron chi connectivity index (χ2n) is 9.68. The number of Topliss-reactive ketones (excluding diaryl/α,β-unsaturated/α-hetero) is 1. The van der Waals surface area contributed by atoms with Crippen molar-refractivity contribution in [1.82, 2.24) is 9.80 Å². The standard InChI is InChI=1S/C29H36N2O6/c1-6-35-23-12-9-19(17-24(23)36-7-2)26-25(28(33)29(34)31(26)14-8-13-30(4)5)27(32)20-10-11-22-21(16-20)15-18(3)37-22/h9-12,16-18,26,32H,6-8,13-15H2,1-5H3/b27-25+/t18-,26-/m1/s1. The Morgan fingerprint density at radius 2 is 1.81 bits per heavy atom. The largest absolute Gasteiger partial charge is 0.507 e. The van der Waals surface area contributed by atoms with E-state index in [9.17, 15) is 14.7 Å². The van der Waals surface area contributed by atoms with E-state index in [-0.39, 0.29) is 17.4 Å². The maximum Gasteiger partial charge on any atom is 0.295 e. The van der Waals surface area contributed by atoms with Gasteiger partial charge in [0.05, 0.1) is 24.8 Å². The predicted octanol–water partition coefficient (Wildman–Crippen LogP) is 4.18. The van der Waals surface area contributed by atoms with E-state index in [0.717, 1.165) is 24.3 Å². The van der Waals surface area contributed by atoms with E-state index in [1.807, 2.05) is 51.9 Å². The van der Waals surface area contributed by atoms with Gasteiger partial charge in [0.1, 0.15) is 17.6 Å². The van der Waals surface area contributed by atoms with Gasteiger partial charge in [-0.05, 0) is 89.3 Å². The second kappa shape index (κ2) is 11.3. The average molecular weight is 509 g/mol. The van der Waals surface area contributed by atoms with Crippen molar-refractivity contribution in [2.45, 2.75) is 45.8 Å². The molecule has 0 bridgehead atoms. The Kier molecular flexibility index (Phi) is 8.07. The quantitative estimate of drug-likeness (QED) is 0.293. The molecule has 0 radical (unpaired) electrons. The number of ketones is 1. The highest BCUT2D eigenvalue weighted by Crippen LogP contribution is 2.43. The first-order valence-electron chi connectivity index (χ1n) is 12.9. The Labute approximate surface area is 218 Å². The van der Waals surface area contributed by atoms with E-state index >= 15 is 0 Å². The van der Waals surface area contributed by atoms with Crippen LogP contribution in [-0.2, 0) is 16.0 Å². The summed E-state index contributed by atoms with van der Waals surface area (Å²) >= 11 is 0. The lowest BCUT2D eigenvalue weighted by Crippen LogP contribution is -2.32. The number of likely N-dealkylation sites (tertiary alicyclic amines) is 1. The number of nitrogens with zero attached hydrogens (tertiary/aromatic N) is 2. The van der Waals surface area contributed by atoms with Crippen LogP contribution in [0.15, 0.2) is 42.0 Å². The molecular weight excluding hydrogens is 472 g/mol. The van der Waals surface area contributed by atoms with Gasteiger partial charge in [-0.1, -0.05) is 6.07 Å². The molecule has 2 aromatic carbocycles. The van der Waals surface area contributed by atoms with Crippen LogP contribution in [0.4, 0.5) is 0 Å². The maximum absolute atomic E-state index is 13.4. The minimum Gasteiger partial charge on any atom is -0.507 e. The van der Waals surface area contributed by atoms with Crippen LogP contribution in [0.3, 0.4) is 0 Å². The van der Waals surface area contributed by atoms with Gasteiger partial charge in [0.15, 0.2) is 11.5 Å². The van der Waals surface area contributed by atoms with Gasteiger partial charge in [-0.15, -0.1) is 0 Å². The number of aliphatic hydroxyl groups excluding tert-OH is 1. The van der Waals surface area contributed by atoms with E-state index in [2.05, 4.69) is 0 Å². The molecule has 37 heavy (non-hydrogen) atoms. The fourth-order valence-electron chi connectivity index (χ4n) is 4.98. The normalized spacial score (nSPS) is 20.3. The molecule has 8 heteroatoms. The first kappa shape index (κ1) is 26.5. The van der Waals surface area contributed by atoms with Crippen molar-refractivity contribution in [3.8, 4) is 17.2 Å². The average Bonchev–Trinajstić information content (AvgIpc) is 3.35. The number of hydrogen-bond acceptors (Lipinski definition) is 7. The van der Waals surface area contributed by atoms with E-state index in [4.69, 9.17) is 14.2 Å². The van der Waals surface area contributed by atoms with E-state index in [1.54, 1.807) is 29.2 Å². The van der Waals surface area contributed by atoms with Gasteiger partial charge >= 0.3 is 0 Å².